The van der Waals surface area contributed by atoms with Crippen LogP contribution in [0.2, 0.25) is 0 Å². The molecule has 0 aliphatic heterocycles. The molecule has 0 amide bonds. The van der Waals surface area contributed by atoms with E-state index in [1.54, 1.807) is 0 Å². The van der Waals surface area contributed by atoms with Crippen molar-refractivity contribution in [3.8, 4) is 12.3 Å². The van der Waals surface area contributed by atoms with Crippen LogP contribution in [0.4, 0.5) is 0 Å². The Morgan fingerprint density at radius 1 is 1.14 bits per heavy atom. The molecule has 0 N–H and O–H groups in total. The molecule has 0 bridgehead atoms. The topological polar surface area (TPSA) is 0 Å². The molecule has 0 aliphatic rings. The predicted molar refractivity (Wildman–Crippen MR) is 62.2 cm³/mol. The van der Waals surface area contributed by atoms with Gasteiger partial charge in [-0.15, -0.1) is 6.42 Å². The lowest BCUT2D eigenvalue weighted by molar-refractivity contribution is 0.647. The van der Waals surface area contributed by atoms with Crippen molar-refractivity contribution >= 4 is 0 Å². The monoisotopic (exact) mass is 186 g/mol. The van der Waals surface area contributed by atoms with Crippen molar-refractivity contribution in [2.75, 3.05) is 0 Å². The molecule has 1 rings (SSSR count). The average Bonchev–Trinajstić information content (AvgIpc) is 2.17. The minimum atomic E-state index is 0.225. The molecular weight excluding hydrogens is 168 g/mol. The Hall–Kier alpha value is -1.22. The van der Waals surface area contributed by atoms with Crippen molar-refractivity contribution in [1.82, 2.24) is 0 Å². The van der Waals surface area contributed by atoms with E-state index in [0.717, 1.165) is 6.42 Å². The van der Waals surface area contributed by atoms with E-state index in [4.69, 9.17) is 6.42 Å². The molecule has 0 aliphatic carbocycles. The van der Waals surface area contributed by atoms with Crippen LogP contribution in [0.1, 0.15) is 37.8 Å². The molecule has 0 nitrogen and oxygen atoms in total. The summed E-state index contributed by atoms with van der Waals surface area (Å²) in [6.07, 6.45) is 6.52. The molecule has 0 heteroatoms. The van der Waals surface area contributed by atoms with Gasteiger partial charge in [0.25, 0.3) is 0 Å². The lowest BCUT2D eigenvalue weighted by Gasteiger charge is -2.07. The quantitative estimate of drug-likeness (QED) is 0.632. The van der Waals surface area contributed by atoms with Crippen molar-refractivity contribution in [1.29, 1.82) is 0 Å². The van der Waals surface area contributed by atoms with E-state index < -0.39 is 0 Å². The third-order valence-corrected chi connectivity index (χ3v) is 2.37. The molecule has 0 fully saturated rings. The second-order valence-corrected chi connectivity index (χ2v) is 4.23. The van der Waals surface area contributed by atoms with E-state index in [-0.39, 0.29) is 5.92 Å². The minimum absolute atomic E-state index is 0.225. The van der Waals surface area contributed by atoms with Crippen molar-refractivity contribution < 1.29 is 0 Å². The van der Waals surface area contributed by atoms with Crippen molar-refractivity contribution in [3.63, 3.8) is 0 Å². The van der Waals surface area contributed by atoms with Gasteiger partial charge in [-0.2, -0.15) is 0 Å². The summed E-state index contributed by atoms with van der Waals surface area (Å²) >= 11 is 0. The molecule has 0 radical (unpaired) electrons. The molecule has 1 unspecified atom stereocenters. The van der Waals surface area contributed by atoms with Crippen LogP contribution in [-0.2, 0) is 6.42 Å². The smallest absolute Gasteiger partial charge is 0.0421 e. The van der Waals surface area contributed by atoms with Gasteiger partial charge < -0.3 is 0 Å². The van der Waals surface area contributed by atoms with Gasteiger partial charge in [0.1, 0.15) is 0 Å². The maximum Gasteiger partial charge on any atom is 0.0421 e. The number of terminal acetylenes is 1. The Balaban J connectivity index is 2.74. The van der Waals surface area contributed by atoms with Crippen LogP contribution in [0, 0.1) is 18.3 Å². The third kappa shape index (κ3) is 2.92. The van der Waals surface area contributed by atoms with Gasteiger partial charge in [-0.1, -0.05) is 44.0 Å². The van der Waals surface area contributed by atoms with Crippen LogP contribution in [0.25, 0.3) is 0 Å². The van der Waals surface area contributed by atoms with Gasteiger partial charge in [-0.3, -0.25) is 0 Å². The minimum Gasteiger partial charge on any atom is -0.119 e. The SMILES string of the molecule is C#CC(C)c1ccc(CC(C)C)cc1. The van der Waals surface area contributed by atoms with Gasteiger partial charge in [0.2, 0.25) is 0 Å². The predicted octanol–water partition coefficient (Wildman–Crippen LogP) is 3.62. The van der Waals surface area contributed by atoms with E-state index in [2.05, 4.69) is 51.0 Å². The Morgan fingerprint density at radius 3 is 2.14 bits per heavy atom. The van der Waals surface area contributed by atoms with Crippen molar-refractivity contribution in [3.05, 3.63) is 35.4 Å². The summed E-state index contributed by atoms with van der Waals surface area (Å²) in [5.41, 5.74) is 2.63. The summed E-state index contributed by atoms with van der Waals surface area (Å²) in [6, 6.07) is 8.65. The zero-order valence-electron chi connectivity index (χ0n) is 9.25. The first kappa shape index (κ1) is 10.9. The summed E-state index contributed by atoms with van der Waals surface area (Å²) in [6.45, 7) is 6.52. The summed E-state index contributed by atoms with van der Waals surface area (Å²) in [5.74, 6) is 3.68. The lowest BCUT2D eigenvalue weighted by atomic mass is 9.97. The summed E-state index contributed by atoms with van der Waals surface area (Å²) in [5, 5.41) is 0. The average molecular weight is 186 g/mol. The standard InChI is InChI=1S/C14H18/c1-5-12(4)14-8-6-13(7-9-14)10-11(2)3/h1,6-9,11-12H,10H2,2-4H3. The third-order valence-electron chi connectivity index (χ3n) is 2.37. The zero-order chi connectivity index (χ0) is 10.6. The zero-order valence-corrected chi connectivity index (χ0v) is 9.25. The molecule has 74 valence electrons. The van der Waals surface area contributed by atoms with Crippen LogP contribution in [0.15, 0.2) is 24.3 Å². The Labute approximate surface area is 87.4 Å². The highest BCUT2D eigenvalue weighted by Gasteiger charge is 2.02. The highest BCUT2D eigenvalue weighted by molar-refractivity contribution is 5.29. The fourth-order valence-corrected chi connectivity index (χ4v) is 1.51. The second kappa shape index (κ2) is 4.86. The number of benzene rings is 1. The van der Waals surface area contributed by atoms with Gasteiger partial charge in [0.15, 0.2) is 0 Å². The van der Waals surface area contributed by atoms with Crippen LogP contribution >= 0.6 is 0 Å². The van der Waals surface area contributed by atoms with Gasteiger partial charge >= 0.3 is 0 Å². The van der Waals surface area contributed by atoms with Crippen LogP contribution in [-0.4, -0.2) is 0 Å². The Kier molecular flexibility index (Phi) is 3.77. The molecule has 0 saturated carbocycles. The van der Waals surface area contributed by atoms with Gasteiger partial charge in [-0.25, -0.2) is 0 Å². The van der Waals surface area contributed by atoms with E-state index in [1.807, 2.05) is 0 Å². The Bertz CT molecular complexity index is 311. The fourth-order valence-electron chi connectivity index (χ4n) is 1.51. The number of hydrogen-bond donors (Lipinski definition) is 0. The normalized spacial score (nSPS) is 12.5. The van der Waals surface area contributed by atoms with Crippen LogP contribution in [0.5, 0.6) is 0 Å². The largest absolute Gasteiger partial charge is 0.119 e. The van der Waals surface area contributed by atoms with E-state index in [1.165, 1.54) is 11.1 Å². The van der Waals surface area contributed by atoms with E-state index >= 15 is 0 Å². The molecule has 1 aromatic rings. The molecule has 0 heterocycles. The molecule has 14 heavy (non-hydrogen) atoms. The molecular formula is C14H18. The lowest BCUT2D eigenvalue weighted by Crippen LogP contribution is -1.95. The maximum absolute atomic E-state index is 5.37. The first-order chi connectivity index (χ1) is 6.63. The molecule has 0 aromatic heterocycles. The summed E-state index contributed by atoms with van der Waals surface area (Å²) < 4.78 is 0. The molecule has 0 saturated heterocycles. The van der Waals surface area contributed by atoms with Crippen molar-refractivity contribution in [2.45, 2.75) is 33.1 Å². The van der Waals surface area contributed by atoms with Crippen molar-refractivity contribution in [2.24, 2.45) is 5.92 Å². The van der Waals surface area contributed by atoms with E-state index in [9.17, 15) is 0 Å². The number of hydrogen-bond acceptors (Lipinski definition) is 0. The Morgan fingerprint density at radius 2 is 1.71 bits per heavy atom. The van der Waals surface area contributed by atoms with E-state index in [0.29, 0.717) is 5.92 Å². The molecule has 1 atom stereocenters. The van der Waals surface area contributed by atoms with Crippen LogP contribution in [0.3, 0.4) is 0 Å². The second-order valence-electron chi connectivity index (χ2n) is 4.23. The highest BCUT2D eigenvalue weighted by Crippen LogP contribution is 2.16. The maximum atomic E-state index is 5.37. The van der Waals surface area contributed by atoms with Crippen LogP contribution < -0.4 is 0 Å². The summed E-state index contributed by atoms with van der Waals surface area (Å²) in [7, 11) is 0. The molecule has 0 spiro atoms. The molecule has 1 aromatic carbocycles. The van der Waals surface area contributed by atoms with Gasteiger partial charge in [0, 0.05) is 5.92 Å². The number of rotatable bonds is 3. The summed E-state index contributed by atoms with van der Waals surface area (Å²) in [4.78, 5) is 0. The first-order valence-corrected chi connectivity index (χ1v) is 5.18. The van der Waals surface area contributed by atoms with Gasteiger partial charge in [0.05, 0.1) is 0 Å². The highest BCUT2D eigenvalue weighted by atomic mass is 14.1. The first-order valence-electron chi connectivity index (χ1n) is 5.18. The van der Waals surface area contributed by atoms with Gasteiger partial charge in [-0.05, 0) is 30.4 Å². The fraction of sp³-hybridized carbons (Fsp3) is 0.429.